The number of benzene rings is 1. The second-order valence-corrected chi connectivity index (χ2v) is 7.92. The Bertz CT molecular complexity index is 974. The first kappa shape index (κ1) is 19.4. The molecular formula is C22H23N3O3S. The van der Waals surface area contributed by atoms with Gasteiger partial charge in [-0.1, -0.05) is 24.3 Å². The molecule has 0 unspecified atom stereocenters. The van der Waals surface area contributed by atoms with Crippen molar-refractivity contribution in [1.82, 2.24) is 14.7 Å². The summed E-state index contributed by atoms with van der Waals surface area (Å²) < 4.78 is 6.89. The number of piperidine rings is 1. The SMILES string of the molecule is CCOC(=O)C1CCN(C(=O)c2cn(-c3ccccc3)nc2-c2cccs2)CC1. The van der Waals surface area contributed by atoms with Gasteiger partial charge in [-0.15, -0.1) is 11.3 Å². The van der Waals surface area contributed by atoms with E-state index in [1.807, 2.05) is 65.9 Å². The number of carbonyl (C=O) groups is 2. The average Bonchev–Trinajstić information content (AvgIpc) is 3.44. The minimum atomic E-state index is -0.157. The van der Waals surface area contributed by atoms with Gasteiger partial charge in [0, 0.05) is 19.3 Å². The van der Waals surface area contributed by atoms with Gasteiger partial charge in [-0.2, -0.15) is 5.10 Å². The van der Waals surface area contributed by atoms with Gasteiger partial charge in [-0.05, 0) is 43.3 Å². The normalized spacial score (nSPS) is 14.7. The molecule has 1 amide bonds. The van der Waals surface area contributed by atoms with Gasteiger partial charge in [0.15, 0.2) is 0 Å². The summed E-state index contributed by atoms with van der Waals surface area (Å²) in [6.45, 7) is 3.29. The van der Waals surface area contributed by atoms with Gasteiger partial charge >= 0.3 is 5.97 Å². The van der Waals surface area contributed by atoms with Crippen molar-refractivity contribution in [2.75, 3.05) is 19.7 Å². The molecule has 1 aromatic carbocycles. The molecule has 0 spiro atoms. The van der Waals surface area contributed by atoms with Crippen LogP contribution in [0, 0.1) is 5.92 Å². The van der Waals surface area contributed by atoms with E-state index in [1.54, 1.807) is 16.0 Å². The van der Waals surface area contributed by atoms with Crippen LogP contribution >= 0.6 is 11.3 Å². The number of hydrogen-bond donors (Lipinski definition) is 0. The van der Waals surface area contributed by atoms with Gasteiger partial charge in [0.05, 0.1) is 28.7 Å². The third kappa shape index (κ3) is 4.10. The second-order valence-electron chi connectivity index (χ2n) is 6.97. The minimum absolute atomic E-state index is 0.0436. The fourth-order valence-corrected chi connectivity index (χ4v) is 4.31. The Morgan fingerprint density at radius 2 is 1.90 bits per heavy atom. The number of amides is 1. The van der Waals surface area contributed by atoms with Crippen molar-refractivity contribution in [1.29, 1.82) is 0 Å². The number of ether oxygens (including phenoxy) is 1. The summed E-state index contributed by atoms with van der Waals surface area (Å²) in [6, 6.07) is 13.7. The summed E-state index contributed by atoms with van der Waals surface area (Å²) in [5.41, 5.74) is 2.19. The number of aromatic nitrogens is 2. The zero-order chi connectivity index (χ0) is 20.2. The van der Waals surface area contributed by atoms with Crippen LogP contribution in [-0.2, 0) is 9.53 Å². The summed E-state index contributed by atoms with van der Waals surface area (Å²) in [5.74, 6) is -0.323. The molecule has 0 aliphatic carbocycles. The van der Waals surface area contributed by atoms with Crippen LogP contribution in [0.1, 0.15) is 30.1 Å². The van der Waals surface area contributed by atoms with E-state index in [1.165, 1.54) is 0 Å². The van der Waals surface area contributed by atoms with E-state index in [9.17, 15) is 9.59 Å². The summed E-state index contributed by atoms with van der Waals surface area (Å²) >= 11 is 1.56. The molecular weight excluding hydrogens is 386 g/mol. The number of carbonyl (C=O) groups excluding carboxylic acids is 2. The van der Waals surface area contributed by atoms with E-state index in [0.717, 1.165) is 10.6 Å². The van der Waals surface area contributed by atoms with Crippen LogP contribution in [0.25, 0.3) is 16.3 Å². The van der Waals surface area contributed by atoms with Crippen LogP contribution in [-0.4, -0.2) is 46.3 Å². The van der Waals surface area contributed by atoms with Crippen LogP contribution < -0.4 is 0 Å². The molecule has 4 rings (SSSR count). The molecule has 3 heterocycles. The maximum atomic E-state index is 13.3. The van der Waals surface area contributed by atoms with Gasteiger partial charge < -0.3 is 9.64 Å². The number of esters is 1. The van der Waals surface area contributed by atoms with Crippen molar-refractivity contribution in [3.8, 4) is 16.3 Å². The highest BCUT2D eigenvalue weighted by molar-refractivity contribution is 7.13. The zero-order valence-corrected chi connectivity index (χ0v) is 17.1. The van der Waals surface area contributed by atoms with Crippen molar-refractivity contribution in [3.63, 3.8) is 0 Å². The number of para-hydroxylation sites is 1. The lowest BCUT2D eigenvalue weighted by molar-refractivity contribution is -0.149. The highest BCUT2D eigenvalue weighted by Crippen LogP contribution is 2.30. The Morgan fingerprint density at radius 1 is 1.14 bits per heavy atom. The highest BCUT2D eigenvalue weighted by atomic mass is 32.1. The largest absolute Gasteiger partial charge is 0.466 e. The van der Waals surface area contributed by atoms with Gasteiger partial charge in [-0.25, -0.2) is 4.68 Å². The van der Waals surface area contributed by atoms with E-state index in [2.05, 4.69) is 0 Å². The molecule has 150 valence electrons. The van der Waals surface area contributed by atoms with Crippen LogP contribution in [0.4, 0.5) is 0 Å². The maximum absolute atomic E-state index is 13.3. The quantitative estimate of drug-likeness (QED) is 0.597. The van der Waals surface area contributed by atoms with Crippen molar-refractivity contribution in [2.45, 2.75) is 19.8 Å². The van der Waals surface area contributed by atoms with Crippen LogP contribution in [0.15, 0.2) is 54.0 Å². The van der Waals surface area contributed by atoms with Crippen molar-refractivity contribution in [3.05, 3.63) is 59.6 Å². The molecule has 0 atom stereocenters. The summed E-state index contributed by atoms with van der Waals surface area (Å²) in [6.07, 6.45) is 3.07. The topological polar surface area (TPSA) is 64.4 Å². The Balaban J connectivity index is 1.58. The van der Waals surface area contributed by atoms with Crippen LogP contribution in [0.3, 0.4) is 0 Å². The first-order chi connectivity index (χ1) is 14.2. The van der Waals surface area contributed by atoms with E-state index in [-0.39, 0.29) is 17.8 Å². The molecule has 29 heavy (non-hydrogen) atoms. The number of thiophene rings is 1. The Morgan fingerprint density at radius 3 is 2.55 bits per heavy atom. The summed E-state index contributed by atoms with van der Waals surface area (Å²) in [7, 11) is 0. The Labute approximate surface area is 173 Å². The second kappa shape index (κ2) is 8.61. The fraction of sp³-hybridized carbons (Fsp3) is 0.318. The maximum Gasteiger partial charge on any atom is 0.309 e. The van der Waals surface area contributed by atoms with Gasteiger partial charge in [0.1, 0.15) is 5.69 Å². The zero-order valence-electron chi connectivity index (χ0n) is 16.3. The first-order valence-electron chi connectivity index (χ1n) is 9.82. The van der Waals surface area contributed by atoms with Crippen molar-refractivity contribution >= 4 is 23.2 Å². The summed E-state index contributed by atoms with van der Waals surface area (Å²) in [5, 5.41) is 6.69. The molecule has 2 aromatic heterocycles. The molecule has 7 heteroatoms. The van der Waals surface area contributed by atoms with Gasteiger partial charge in [0.2, 0.25) is 0 Å². The molecule has 1 fully saturated rings. The third-order valence-electron chi connectivity index (χ3n) is 5.12. The Hall–Kier alpha value is -2.93. The molecule has 6 nitrogen and oxygen atoms in total. The fourth-order valence-electron chi connectivity index (χ4n) is 3.59. The molecule has 1 aliphatic rings. The van der Waals surface area contributed by atoms with E-state index >= 15 is 0 Å². The molecule has 0 saturated carbocycles. The standard InChI is InChI=1S/C22H23N3O3S/c1-2-28-22(27)16-10-12-24(13-11-16)21(26)18-15-25(17-7-4-3-5-8-17)23-20(18)19-9-6-14-29-19/h3-9,14-16H,2,10-13H2,1H3. The number of likely N-dealkylation sites (tertiary alicyclic amines) is 1. The Kier molecular flexibility index (Phi) is 5.76. The number of hydrogen-bond acceptors (Lipinski definition) is 5. The van der Waals surface area contributed by atoms with Gasteiger partial charge in [-0.3, -0.25) is 9.59 Å². The molecule has 0 radical (unpaired) electrons. The first-order valence-corrected chi connectivity index (χ1v) is 10.7. The molecule has 0 bridgehead atoms. The number of nitrogens with zero attached hydrogens (tertiary/aromatic N) is 3. The molecule has 1 aliphatic heterocycles. The predicted octanol–water partition coefficient (Wildman–Crippen LogP) is 4.02. The smallest absolute Gasteiger partial charge is 0.309 e. The lowest BCUT2D eigenvalue weighted by atomic mass is 9.96. The monoisotopic (exact) mass is 409 g/mol. The lowest BCUT2D eigenvalue weighted by Gasteiger charge is -2.30. The van der Waals surface area contributed by atoms with E-state index in [4.69, 9.17) is 9.84 Å². The molecule has 3 aromatic rings. The number of rotatable bonds is 5. The average molecular weight is 410 g/mol. The highest BCUT2D eigenvalue weighted by Gasteiger charge is 2.30. The lowest BCUT2D eigenvalue weighted by Crippen LogP contribution is -2.40. The molecule has 1 saturated heterocycles. The van der Waals surface area contributed by atoms with Gasteiger partial charge in [0.25, 0.3) is 5.91 Å². The third-order valence-corrected chi connectivity index (χ3v) is 6.00. The molecule has 0 N–H and O–H groups in total. The van der Waals surface area contributed by atoms with Crippen molar-refractivity contribution < 1.29 is 14.3 Å². The van der Waals surface area contributed by atoms with Crippen molar-refractivity contribution in [2.24, 2.45) is 5.92 Å². The van der Waals surface area contributed by atoms with E-state index < -0.39 is 0 Å². The van der Waals surface area contributed by atoms with Crippen LogP contribution in [0.2, 0.25) is 0 Å². The predicted molar refractivity (Wildman–Crippen MR) is 112 cm³/mol. The minimum Gasteiger partial charge on any atom is -0.466 e. The summed E-state index contributed by atoms with van der Waals surface area (Å²) in [4.78, 5) is 28.1. The van der Waals surface area contributed by atoms with Crippen LogP contribution in [0.5, 0.6) is 0 Å². The van der Waals surface area contributed by atoms with E-state index in [0.29, 0.717) is 43.8 Å².